The zero-order chi connectivity index (χ0) is 30.7. The maximum atomic E-state index is 15.1. The summed E-state index contributed by atoms with van der Waals surface area (Å²) in [6.45, 7) is 10.9. The van der Waals surface area contributed by atoms with Crippen LogP contribution in [0.1, 0.15) is 51.4 Å². The standard InChI is InChI=1S/C30H38ClF2N5O4/c1-29(2,3)42-28(40)36-11-12-37-18(14-36)16-41-25-21(27(37)39)26(38-15-17(35(6)7)13-30(38,4)5)34-24(22(25)31)19-9-8-10-20(32)23(19)33/h8-10,17-18H,11-16H2,1-7H3/t17-,18+/m0/s1. The summed E-state index contributed by atoms with van der Waals surface area (Å²) in [7, 11) is 3.99. The predicted molar refractivity (Wildman–Crippen MR) is 156 cm³/mol. The summed E-state index contributed by atoms with van der Waals surface area (Å²) < 4.78 is 41.3. The van der Waals surface area contributed by atoms with E-state index in [1.807, 2.05) is 19.0 Å². The molecule has 4 heterocycles. The molecule has 5 rings (SSSR count). The van der Waals surface area contributed by atoms with Crippen LogP contribution in [-0.4, -0.2) is 102 Å². The fourth-order valence-corrected chi connectivity index (χ4v) is 6.22. The number of fused-ring (bicyclic) bond motifs is 2. The Morgan fingerprint density at radius 3 is 2.55 bits per heavy atom. The van der Waals surface area contributed by atoms with Gasteiger partial charge in [0, 0.05) is 43.3 Å². The molecule has 2 aromatic rings. The molecule has 0 unspecified atom stereocenters. The van der Waals surface area contributed by atoms with Gasteiger partial charge in [0.25, 0.3) is 5.91 Å². The van der Waals surface area contributed by atoms with Crippen LogP contribution in [0, 0.1) is 11.6 Å². The molecule has 2 amide bonds. The van der Waals surface area contributed by atoms with Crippen molar-refractivity contribution < 1.29 is 27.8 Å². The summed E-state index contributed by atoms with van der Waals surface area (Å²) in [5.41, 5.74) is -1.04. The average molecular weight is 606 g/mol. The van der Waals surface area contributed by atoms with Crippen LogP contribution >= 0.6 is 11.6 Å². The van der Waals surface area contributed by atoms with Gasteiger partial charge in [-0.05, 0) is 67.3 Å². The minimum absolute atomic E-state index is 0.00502. The molecule has 42 heavy (non-hydrogen) atoms. The summed E-state index contributed by atoms with van der Waals surface area (Å²) >= 11 is 6.84. The van der Waals surface area contributed by atoms with Gasteiger partial charge in [-0.2, -0.15) is 0 Å². The number of pyridine rings is 1. The van der Waals surface area contributed by atoms with E-state index in [9.17, 15) is 14.0 Å². The van der Waals surface area contributed by atoms with Crippen LogP contribution in [0.25, 0.3) is 11.3 Å². The number of rotatable bonds is 3. The van der Waals surface area contributed by atoms with Crippen molar-refractivity contribution in [1.29, 1.82) is 0 Å². The quantitative estimate of drug-likeness (QED) is 0.484. The molecule has 1 aromatic heterocycles. The van der Waals surface area contributed by atoms with Gasteiger partial charge in [-0.3, -0.25) is 4.79 Å². The number of halogens is 3. The SMILES string of the molecule is CN(C)[C@@H]1CN(c2nc(-c3cccc(F)c3F)c(Cl)c3c2C(=O)N2CCN(C(=O)OC(C)(C)C)C[C@@H]2CO3)C(C)(C)C1. The van der Waals surface area contributed by atoms with Crippen LogP contribution in [-0.2, 0) is 4.74 Å². The monoisotopic (exact) mass is 605 g/mol. The average Bonchev–Trinajstić information content (AvgIpc) is 3.14. The van der Waals surface area contributed by atoms with Gasteiger partial charge in [0.05, 0.1) is 11.7 Å². The van der Waals surface area contributed by atoms with E-state index < -0.39 is 34.9 Å². The molecule has 0 N–H and O–H groups in total. The van der Waals surface area contributed by atoms with Crippen molar-refractivity contribution in [3.63, 3.8) is 0 Å². The van der Waals surface area contributed by atoms with E-state index in [0.717, 1.165) is 12.5 Å². The van der Waals surface area contributed by atoms with E-state index in [2.05, 4.69) is 18.7 Å². The molecular formula is C30H38ClF2N5O4. The van der Waals surface area contributed by atoms with Crippen LogP contribution in [0.3, 0.4) is 0 Å². The van der Waals surface area contributed by atoms with Gasteiger partial charge >= 0.3 is 6.09 Å². The minimum Gasteiger partial charge on any atom is -0.489 e. The first kappa shape index (κ1) is 30.3. The second-order valence-electron chi connectivity index (χ2n) is 13.0. The molecular weight excluding hydrogens is 568 g/mol. The first-order chi connectivity index (χ1) is 19.6. The summed E-state index contributed by atoms with van der Waals surface area (Å²) in [6, 6.07) is 3.49. The number of ether oxygens (including phenoxy) is 2. The topological polar surface area (TPSA) is 78.5 Å². The lowest BCUT2D eigenvalue weighted by Crippen LogP contribution is -2.58. The molecule has 2 atom stereocenters. The Balaban J connectivity index is 1.62. The Kier molecular flexibility index (Phi) is 7.81. The van der Waals surface area contributed by atoms with Gasteiger partial charge in [0.15, 0.2) is 17.4 Å². The van der Waals surface area contributed by atoms with E-state index in [1.165, 1.54) is 12.1 Å². The Morgan fingerprint density at radius 2 is 1.90 bits per heavy atom. The highest BCUT2D eigenvalue weighted by atomic mass is 35.5. The third-order valence-corrected chi connectivity index (χ3v) is 8.51. The molecule has 0 bridgehead atoms. The predicted octanol–water partition coefficient (Wildman–Crippen LogP) is 5.05. The zero-order valence-electron chi connectivity index (χ0n) is 25.1. The first-order valence-corrected chi connectivity index (χ1v) is 14.5. The number of anilines is 1. The number of carbonyl (C=O) groups is 2. The van der Waals surface area contributed by atoms with Gasteiger partial charge in [-0.15, -0.1) is 0 Å². The van der Waals surface area contributed by atoms with Crippen molar-refractivity contribution in [1.82, 2.24) is 19.7 Å². The summed E-state index contributed by atoms with van der Waals surface area (Å²) in [5.74, 6) is -2.08. The van der Waals surface area contributed by atoms with Gasteiger partial charge < -0.3 is 29.1 Å². The third-order valence-electron chi connectivity index (χ3n) is 8.16. The number of hydrogen-bond acceptors (Lipinski definition) is 7. The van der Waals surface area contributed by atoms with Crippen molar-refractivity contribution in [2.75, 3.05) is 51.8 Å². The lowest BCUT2D eigenvalue weighted by molar-refractivity contribution is 0.000952. The summed E-state index contributed by atoms with van der Waals surface area (Å²) in [6.07, 6.45) is 0.323. The Hall–Kier alpha value is -3.18. The molecule has 1 aromatic carbocycles. The van der Waals surface area contributed by atoms with E-state index in [4.69, 9.17) is 26.1 Å². The summed E-state index contributed by atoms with van der Waals surface area (Å²) in [4.78, 5) is 39.4. The lowest BCUT2D eigenvalue weighted by Gasteiger charge is -2.40. The van der Waals surface area contributed by atoms with Crippen LogP contribution in [0.4, 0.5) is 19.4 Å². The molecule has 0 spiro atoms. The number of likely N-dealkylation sites (N-methyl/N-ethyl adjacent to an activating group) is 1. The van der Waals surface area contributed by atoms with E-state index >= 15 is 4.39 Å². The van der Waals surface area contributed by atoms with Crippen LogP contribution in [0.2, 0.25) is 5.02 Å². The molecule has 3 aliphatic heterocycles. The number of nitrogens with zero attached hydrogens (tertiary/aromatic N) is 5. The molecule has 0 saturated carbocycles. The van der Waals surface area contributed by atoms with Crippen LogP contribution < -0.4 is 9.64 Å². The van der Waals surface area contributed by atoms with Crippen molar-refractivity contribution in [3.8, 4) is 17.0 Å². The smallest absolute Gasteiger partial charge is 0.410 e. The number of benzene rings is 1. The number of piperazine rings is 1. The van der Waals surface area contributed by atoms with Crippen molar-refractivity contribution in [3.05, 3.63) is 40.4 Å². The Morgan fingerprint density at radius 1 is 1.19 bits per heavy atom. The van der Waals surface area contributed by atoms with Crippen LogP contribution in [0.5, 0.6) is 5.75 Å². The van der Waals surface area contributed by atoms with Crippen molar-refractivity contribution >= 4 is 29.4 Å². The second kappa shape index (κ2) is 10.8. The Labute approximate surface area is 250 Å². The van der Waals surface area contributed by atoms with Crippen molar-refractivity contribution in [2.45, 2.75) is 64.3 Å². The maximum absolute atomic E-state index is 15.1. The zero-order valence-corrected chi connectivity index (χ0v) is 25.9. The number of carbonyl (C=O) groups excluding carboxylic acids is 2. The molecule has 2 saturated heterocycles. The van der Waals surface area contributed by atoms with Gasteiger partial charge in [-0.1, -0.05) is 17.7 Å². The highest BCUT2D eigenvalue weighted by Crippen LogP contribution is 2.47. The normalized spacial score (nSPS) is 22.1. The van der Waals surface area contributed by atoms with Crippen LogP contribution in [0.15, 0.2) is 18.2 Å². The molecule has 0 radical (unpaired) electrons. The molecule has 3 aliphatic rings. The first-order valence-electron chi connectivity index (χ1n) is 14.1. The largest absolute Gasteiger partial charge is 0.489 e. The van der Waals surface area contributed by atoms with Gasteiger partial charge in [0.2, 0.25) is 0 Å². The van der Waals surface area contributed by atoms with Crippen molar-refractivity contribution in [2.24, 2.45) is 0 Å². The Bertz CT molecular complexity index is 1410. The third kappa shape index (κ3) is 5.48. The number of amides is 2. The number of hydrogen-bond donors (Lipinski definition) is 0. The second-order valence-corrected chi connectivity index (χ2v) is 13.4. The molecule has 12 heteroatoms. The molecule has 2 fully saturated rings. The van der Waals surface area contributed by atoms with E-state index in [-0.39, 0.29) is 65.8 Å². The minimum atomic E-state index is -1.09. The van der Waals surface area contributed by atoms with E-state index in [1.54, 1.807) is 30.6 Å². The highest BCUT2D eigenvalue weighted by molar-refractivity contribution is 6.35. The van der Waals surface area contributed by atoms with Gasteiger partial charge in [-0.25, -0.2) is 18.6 Å². The fraction of sp³-hybridized carbons (Fsp3) is 0.567. The molecule has 0 aliphatic carbocycles. The van der Waals surface area contributed by atoms with Gasteiger partial charge in [0.1, 0.15) is 28.6 Å². The lowest BCUT2D eigenvalue weighted by atomic mass is 9.99. The molecule has 228 valence electrons. The van der Waals surface area contributed by atoms with E-state index in [0.29, 0.717) is 12.4 Å². The summed E-state index contributed by atoms with van der Waals surface area (Å²) in [5, 5.41) is -0.0726. The highest BCUT2D eigenvalue weighted by Gasteiger charge is 2.46. The molecule has 9 nitrogen and oxygen atoms in total. The maximum Gasteiger partial charge on any atom is 0.410 e. The number of aromatic nitrogens is 1. The fourth-order valence-electron chi connectivity index (χ4n) is 5.93.